The van der Waals surface area contributed by atoms with Gasteiger partial charge in [-0.15, -0.1) is 0 Å². The second kappa shape index (κ2) is 8.12. The second-order valence-electron chi connectivity index (χ2n) is 6.55. The van der Waals surface area contributed by atoms with Crippen LogP contribution in [0.3, 0.4) is 0 Å². The third kappa shape index (κ3) is 3.83. The van der Waals surface area contributed by atoms with Gasteiger partial charge in [0.25, 0.3) is 11.5 Å². The van der Waals surface area contributed by atoms with Crippen molar-refractivity contribution in [3.05, 3.63) is 52.1 Å². The van der Waals surface area contributed by atoms with Crippen molar-refractivity contribution in [2.75, 3.05) is 40.3 Å². The van der Waals surface area contributed by atoms with Crippen LogP contribution in [0.1, 0.15) is 15.9 Å². The molecule has 2 aromatic rings. The van der Waals surface area contributed by atoms with Crippen LogP contribution in [0.2, 0.25) is 0 Å². The number of nitrogens with zero attached hydrogens (tertiary/aromatic N) is 4. The maximum atomic E-state index is 12.9. The summed E-state index contributed by atoms with van der Waals surface area (Å²) in [5.41, 5.74) is 0.757. The van der Waals surface area contributed by atoms with E-state index in [4.69, 9.17) is 4.74 Å². The standard InChI is InChI=1S/C19H23N5O4/c1-13-6-8-24(14-4-5-15(28-3)21-12-14)18(26)16(13)17(25)20-7-9-23-11-10-22(2)19(23)27/h4-6,8,12H,7,9-11H2,1-3H3,(H,20,25). The Morgan fingerprint density at radius 2 is 2.04 bits per heavy atom. The van der Waals surface area contributed by atoms with Crippen molar-refractivity contribution >= 4 is 11.9 Å². The summed E-state index contributed by atoms with van der Waals surface area (Å²) in [7, 11) is 3.25. The second-order valence-corrected chi connectivity index (χ2v) is 6.55. The van der Waals surface area contributed by atoms with E-state index in [1.807, 2.05) is 0 Å². The molecule has 148 valence electrons. The summed E-state index contributed by atoms with van der Waals surface area (Å²) < 4.78 is 6.39. The molecule has 3 amide bonds. The predicted molar refractivity (Wildman–Crippen MR) is 103 cm³/mol. The zero-order valence-electron chi connectivity index (χ0n) is 16.1. The van der Waals surface area contributed by atoms with Crippen LogP contribution in [-0.2, 0) is 0 Å². The lowest BCUT2D eigenvalue weighted by Crippen LogP contribution is -2.39. The van der Waals surface area contributed by atoms with Gasteiger partial charge in [0.05, 0.1) is 19.0 Å². The van der Waals surface area contributed by atoms with Crippen LogP contribution < -0.4 is 15.6 Å². The number of urea groups is 1. The summed E-state index contributed by atoms with van der Waals surface area (Å²) in [4.78, 5) is 44.8. The van der Waals surface area contributed by atoms with Gasteiger partial charge in [-0.3, -0.25) is 14.2 Å². The smallest absolute Gasteiger partial charge is 0.319 e. The van der Waals surface area contributed by atoms with Gasteiger partial charge in [0.1, 0.15) is 5.56 Å². The van der Waals surface area contributed by atoms with E-state index < -0.39 is 11.5 Å². The summed E-state index contributed by atoms with van der Waals surface area (Å²) in [6.45, 7) is 3.69. The number of methoxy groups -OCH3 is 1. The Balaban J connectivity index is 1.74. The van der Waals surface area contributed by atoms with Gasteiger partial charge in [-0.2, -0.15) is 0 Å². The molecule has 0 unspecified atom stereocenters. The molecule has 1 aliphatic heterocycles. The number of aryl methyl sites for hydroxylation is 1. The van der Waals surface area contributed by atoms with E-state index in [-0.39, 0.29) is 18.1 Å². The zero-order chi connectivity index (χ0) is 20.3. The molecule has 9 heteroatoms. The van der Waals surface area contributed by atoms with Gasteiger partial charge in [0, 0.05) is 45.5 Å². The third-order valence-corrected chi connectivity index (χ3v) is 4.71. The Bertz CT molecular complexity index is 938. The first-order valence-electron chi connectivity index (χ1n) is 8.93. The monoisotopic (exact) mass is 385 g/mol. The largest absolute Gasteiger partial charge is 0.481 e. The number of likely N-dealkylation sites (N-methyl/N-ethyl adjacent to an activating group) is 1. The van der Waals surface area contributed by atoms with Crippen LogP contribution in [0.4, 0.5) is 4.79 Å². The summed E-state index contributed by atoms with van der Waals surface area (Å²) in [5.74, 6) is -0.0256. The molecule has 3 rings (SSSR count). The minimum absolute atomic E-state index is 0.0560. The van der Waals surface area contributed by atoms with Crippen molar-refractivity contribution in [2.45, 2.75) is 6.92 Å². The van der Waals surface area contributed by atoms with Gasteiger partial charge in [-0.25, -0.2) is 9.78 Å². The molecule has 2 aromatic heterocycles. The summed E-state index contributed by atoms with van der Waals surface area (Å²) in [6, 6.07) is 4.99. The Kier molecular flexibility index (Phi) is 5.62. The van der Waals surface area contributed by atoms with Crippen molar-refractivity contribution in [2.24, 2.45) is 0 Å². The molecule has 1 saturated heterocycles. The van der Waals surface area contributed by atoms with Crippen LogP contribution in [0.5, 0.6) is 5.88 Å². The van der Waals surface area contributed by atoms with Gasteiger partial charge in [0.15, 0.2) is 0 Å². The number of hydrogen-bond donors (Lipinski definition) is 1. The fraction of sp³-hybridized carbons (Fsp3) is 0.368. The molecular formula is C19H23N5O4. The Hall–Kier alpha value is -3.36. The lowest BCUT2D eigenvalue weighted by molar-refractivity contribution is 0.0947. The van der Waals surface area contributed by atoms with E-state index >= 15 is 0 Å². The molecule has 0 bridgehead atoms. The van der Waals surface area contributed by atoms with Crippen molar-refractivity contribution < 1.29 is 14.3 Å². The molecule has 0 aromatic carbocycles. The molecule has 0 atom stereocenters. The number of carbonyl (C=O) groups excluding carboxylic acids is 2. The molecule has 0 radical (unpaired) electrons. The Morgan fingerprint density at radius 3 is 2.64 bits per heavy atom. The number of ether oxygens (including phenoxy) is 1. The minimum atomic E-state index is -0.460. The highest BCUT2D eigenvalue weighted by Crippen LogP contribution is 2.11. The summed E-state index contributed by atoms with van der Waals surface area (Å²) in [5, 5.41) is 2.74. The van der Waals surface area contributed by atoms with E-state index in [1.165, 1.54) is 17.9 Å². The molecular weight excluding hydrogens is 362 g/mol. The topological polar surface area (TPSA) is 96.8 Å². The van der Waals surface area contributed by atoms with Gasteiger partial charge in [0.2, 0.25) is 5.88 Å². The van der Waals surface area contributed by atoms with Crippen molar-refractivity contribution in [3.8, 4) is 11.6 Å². The van der Waals surface area contributed by atoms with Gasteiger partial charge < -0.3 is 19.9 Å². The van der Waals surface area contributed by atoms with E-state index in [0.717, 1.165) is 0 Å². The molecule has 9 nitrogen and oxygen atoms in total. The summed E-state index contributed by atoms with van der Waals surface area (Å²) in [6.07, 6.45) is 3.11. The minimum Gasteiger partial charge on any atom is -0.481 e. The third-order valence-electron chi connectivity index (χ3n) is 4.71. The number of carbonyl (C=O) groups is 2. The van der Waals surface area contributed by atoms with E-state index in [1.54, 1.807) is 48.2 Å². The zero-order valence-corrected chi connectivity index (χ0v) is 16.1. The first kappa shape index (κ1) is 19.4. The van der Waals surface area contributed by atoms with Crippen LogP contribution in [0, 0.1) is 6.92 Å². The average molecular weight is 385 g/mol. The van der Waals surface area contributed by atoms with Crippen molar-refractivity contribution in [1.29, 1.82) is 0 Å². The van der Waals surface area contributed by atoms with E-state index in [2.05, 4.69) is 10.3 Å². The predicted octanol–water partition coefficient (Wildman–Crippen LogP) is 0.647. The molecule has 0 spiro atoms. The number of amides is 3. The molecule has 3 heterocycles. The SMILES string of the molecule is COc1ccc(-n2ccc(C)c(C(=O)NCCN3CCN(C)C3=O)c2=O)cn1. The highest BCUT2D eigenvalue weighted by atomic mass is 16.5. The first-order valence-corrected chi connectivity index (χ1v) is 8.93. The van der Waals surface area contributed by atoms with Crippen LogP contribution in [-0.4, -0.2) is 71.6 Å². The quantitative estimate of drug-likeness (QED) is 0.787. The van der Waals surface area contributed by atoms with E-state index in [0.29, 0.717) is 36.8 Å². The highest BCUT2D eigenvalue weighted by molar-refractivity contribution is 5.95. The number of pyridine rings is 2. The fourth-order valence-electron chi connectivity index (χ4n) is 3.05. The molecule has 0 saturated carbocycles. The Labute approximate surface area is 162 Å². The average Bonchev–Trinajstić information content (AvgIpc) is 3.00. The van der Waals surface area contributed by atoms with Gasteiger partial charge in [-0.1, -0.05) is 0 Å². The maximum Gasteiger partial charge on any atom is 0.319 e. The van der Waals surface area contributed by atoms with Crippen LogP contribution >= 0.6 is 0 Å². The normalized spacial score (nSPS) is 13.8. The van der Waals surface area contributed by atoms with Gasteiger partial charge in [-0.05, 0) is 24.6 Å². The molecule has 1 N–H and O–H groups in total. The number of nitrogens with one attached hydrogen (secondary N) is 1. The fourth-order valence-corrected chi connectivity index (χ4v) is 3.05. The lowest BCUT2D eigenvalue weighted by atomic mass is 10.1. The number of rotatable bonds is 6. The molecule has 1 aliphatic rings. The Morgan fingerprint density at radius 1 is 1.25 bits per heavy atom. The highest BCUT2D eigenvalue weighted by Gasteiger charge is 2.25. The summed E-state index contributed by atoms with van der Waals surface area (Å²) >= 11 is 0. The van der Waals surface area contributed by atoms with Crippen LogP contribution in [0.25, 0.3) is 5.69 Å². The maximum absolute atomic E-state index is 12.9. The van der Waals surface area contributed by atoms with Gasteiger partial charge >= 0.3 is 6.03 Å². The molecule has 28 heavy (non-hydrogen) atoms. The van der Waals surface area contributed by atoms with Crippen molar-refractivity contribution in [3.63, 3.8) is 0 Å². The molecule has 1 fully saturated rings. The van der Waals surface area contributed by atoms with E-state index in [9.17, 15) is 14.4 Å². The number of aromatic nitrogens is 2. The lowest BCUT2D eigenvalue weighted by Gasteiger charge is -2.16. The number of hydrogen-bond acceptors (Lipinski definition) is 5. The molecule has 0 aliphatic carbocycles. The van der Waals surface area contributed by atoms with Crippen molar-refractivity contribution in [1.82, 2.24) is 24.7 Å². The van der Waals surface area contributed by atoms with Crippen LogP contribution in [0.15, 0.2) is 35.4 Å². The first-order chi connectivity index (χ1) is 13.4.